The number of nitrogens with one attached hydrogen (secondary N) is 2. The molecule has 33 heavy (non-hydrogen) atoms. The van der Waals surface area contributed by atoms with E-state index in [1.807, 2.05) is 18.5 Å². The first-order valence-electron chi connectivity index (χ1n) is 11.5. The van der Waals surface area contributed by atoms with Crippen LogP contribution in [0.2, 0.25) is 0 Å². The first kappa shape index (κ1) is 22.6. The topological polar surface area (TPSA) is 81.2 Å². The highest BCUT2D eigenvalue weighted by atomic mass is 16.5. The van der Waals surface area contributed by atoms with Crippen molar-refractivity contribution in [3.63, 3.8) is 0 Å². The molecule has 0 saturated heterocycles. The molecule has 6 nitrogen and oxygen atoms in total. The number of H-pyrrole nitrogens is 1. The zero-order valence-corrected chi connectivity index (χ0v) is 18.7. The maximum absolute atomic E-state index is 11.1. The van der Waals surface area contributed by atoms with Crippen LogP contribution < -0.4 is 10.4 Å². The molecular weight excluding hydrogens is 412 g/mol. The van der Waals surface area contributed by atoms with E-state index >= 15 is 0 Å². The van der Waals surface area contributed by atoms with Gasteiger partial charge in [0.25, 0.3) is 0 Å². The van der Waals surface area contributed by atoms with E-state index in [0.717, 1.165) is 44.3 Å². The van der Waals surface area contributed by atoms with Crippen LogP contribution in [0.5, 0.6) is 0 Å². The van der Waals surface area contributed by atoms with Crippen molar-refractivity contribution in [3.05, 3.63) is 84.8 Å². The number of amides is 1. The van der Waals surface area contributed by atoms with Crippen molar-refractivity contribution in [2.24, 2.45) is 0 Å². The van der Waals surface area contributed by atoms with Gasteiger partial charge < -0.3 is 9.88 Å². The molecule has 1 amide bonds. The van der Waals surface area contributed by atoms with E-state index in [4.69, 9.17) is 5.21 Å². The molecule has 2 aromatic heterocycles. The molecule has 0 saturated carbocycles. The van der Waals surface area contributed by atoms with Crippen LogP contribution in [0, 0.1) is 0 Å². The third-order valence-electron chi connectivity index (χ3n) is 5.92. The van der Waals surface area contributed by atoms with Crippen LogP contribution in [-0.4, -0.2) is 27.6 Å². The van der Waals surface area contributed by atoms with Crippen molar-refractivity contribution in [1.29, 1.82) is 0 Å². The molecule has 4 aromatic rings. The maximum atomic E-state index is 11.1. The van der Waals surface area contributed by atoms with E-state index < -0.39 is 0 Å². The number of carbonyl (C=O) groups excluding carboxylic acids is 1. The van der Waals surface area contributed by atoms with E-state index in [-0.39, 0.29) is 5.91 Å². The standard InChI is InChI=1S/C27H30N4O2/c32-27(30-33)7-3-1-2-4-17-31(20-21-6-5-15-28-19-21)25-12-10-22(11-13-25)24-9-8-23-14-16-29-26(23)18-24/h5-6,8-16,18-19,29,33H,1-4,7,17,20H2,(H,30,32). The lowest BCUT2D eigenvalue weighted by Gasteiger charge is -2.25. The van der Waals surface area contributed by atoms with Crippen molar-refractivity contribution < 1.29 is 10.0 Å². The Bertz CT molecular complexity index is 1160. The first-order chi connectivity index (χ1) is 16.2. The van der Waals surface area contributed by atoms with Crippen molar-refractivity contribution in [1.82, 2.24) is 15.4 Å². The van der Waals surface area contributed by atoms with E-state index in [1.165, 1.54) is 27.8 Å². The molecule has 0 atom stereocenters. The van der Waals surface area contributed by atoms with Crippen molar-refractivity contribution >= 4 is 22.5 Å². The van der Waals surface area contributed by atoms with E-state index in [9.17, 15) is 4.79 Å². The number of hydroxylamine groups is 1. The molecule has 0 spiro atoms. The Morgan fingerprint density at radius 3 is 2.58 bits per heavy atom. The van der Waals surface area contributed by atoms with Crippen LogP contribution in [0.1, 0.15) is 37.7 Å². The molecule has 4 rings (SSSR count). The minimum absolute atomic E-state index is 0.316. The number of hydrogen-bond acceptors (Lipinski definition) is 4. The summed E-state index contributed by atoms with van der Waals surface area (Å²) in [4.78, 5) is 21.1. The highest BCUT2D eigenvalue weighted by Gasteiger charge is 2.09. The van der Waals surface area contributed by atoms with Crippen LogP contribution in [0.4, 0.5) is 5.69 Å². The predicted octanol–water partition coefficient (Wildman–Crippen LogP) is 5.69. The summed E-state index contributed by atoms with van der Waals surface area (Å²) < 4.78 is 0. The number of fused-ring (bicyclic) bond motifs is 1. The summed E-state index contributed by atoms with van der Waals surface area (Å²) in [6.07, 6.45) is 9.87. The smallest absolute Gasteiger partial charge is 0.243 e. The van der Waals surface area contributed by atoms with E-state index in [0.29, 0.717) is 6.42 Å². The van der Waals surface area contributed by atoms with Crippen LogP contribution in [0.25, 0.3) is 22.0 Å². The predicted molar refractivity (Wildman–Crippen MR) is 132 cm³/mol. The minimum Gasteiger partial charge on any atom is -0.367 e. The molecule has 0 radical (unpaired) electrons. The Morgan fingerprint density at radius 2 is 1.79 bits per heavy atom. The van der Waals surface area contributed by atoms with Crippen LogP contribution >= 0.6 is 0 Å². The number of benzene rings is 2. The summed E-state index contributed by atoms with van der Waals surface area (Å²) in [6.45, 7) is 1.73. The molecule has 2 heterocycles. The Morgan fingerprint density at radius 1 is 0.970 bits per heavy atom. The third kappa shape index (κ3) is 6.20. The number of aromatic nitrogens is 2. The van der Waals surface area contributed by atoms with Crippen molar-refractivity contribution in [3.8, 4) is 11.1 Å². The molecule has 3 N–H and O–H groups in total. The molecule has 0 aliphatic carbocycles. The monoisotopic (exact) mass is 442 g/mol. The van der Waals surface area contributed by atoms with Gasteiger partial charge in [-0.25, -0.2) is 5.48 Å². The lowest BCUT2D eigenvalue weighted by molar-refractivity contribution is -0.129. The number of unbranched alkanes of at least 4 members (excludes halogenated alkanes) is 3. The van der Waals surface area contributed by atoms with Gasteiger partial charge in [0.15, 0.2) is 0 Å². The number of pyridine rings is 1. The van der Waals surface area contributed by atoms with Crippen molar-refractivity contribution in [2.75, 3.05) is 11.4 Å². The average molecular weight is 443 g/mol. The number of anilines is 1. The third-order valence-corrected chi connectivity index (χ3v) is 5.92. The second-order valence-corrected chi connectivity index (χ2v) is 8.31. The number of rotatable bonds is 11. The average Bonchev–Trinajstić information content (AvgIpc) is 3.34. The van der Waals surface area contributed by atoms with Gasteiger partial charge in [0.05, 0.1) is 0 Å². The zero-order valence-electron chi connectivity index (χ0n) is 18.7. The quantitative estimate of drug-likeness (QED) is 0.158. The molecular formula is C27H30N4O2. The van der Waals surface area contributed by atoms with Crippen molar-refractivity contribution in [2.45, 2.75) is 38.6 Å². The van der Waals surface area contributed by atoms with Gasteiger partial charge in [-0.3, -0.25) is 15.0 Å². The zero-order chi connectivity index (χ0) is 22.9. The van der Waals surface area contributed by atoms with Gasteiger partial charge in [0, 0.05) is 49.3 Å². The van der Waals surface area contributed by atoms with Gasteiger partial charge >= 0.3 is 0 Å². The summed E-state index contributed by atoms with van der Waals surface area (Å²) in [5, 5.41) is 9.81. The molecule has 0 fully saturated rings. The summed E-state index contributed by atoms with van der Waals surface area (Å²) in [6, 6.07) is 21.4. The van der Waals surface area contributed by atoms with Crippen LogP contribution in [-0.2, 0) is 11.3 Å². The second-order valence-electron chi connectivity index (χ2n) is 8.31. The molecule has 0 unspecified atom stereocenters. The maximum Gasteiger partial charge on any atom is 0.243 e. The number of carbonyl (C=O) groups is 1. The lowest BCUT2D eigenvalue weighted by atomic mass is 10.0. The number of aromatic amines is 1. The fraction of sp³-hybridized carbons (Fsp3) is 0.259. The van der Waals surface area contributed by atoms with E-state index in [1.54, 1.807) is 11.7 Å². The van der Waals surface area contributed by atoms with Crippen LogP contribution in [0.3, 0.4) is 0 Å². The second kappa shape index (κ2) is 11.3. The fourth-order valence-electron chi connectivity index (χ4n) is 4.10. The highest BCUT2D eigenvalue weighted by molar-refractivity contribution is 5.85. The Kier molecular flexibility index (Phi) is 7.72. The molecule has 6 heteroatoms. The molecule has 0 bridgehead atoms. The molecule has 0 aliphatic heterocycles. The van der Waals surface area contributed by atoms with Gasteiger partial charge in [-0.1, -0.05) is 43.2 Å². The Labute approximate surface area is 194 Å². The summed E-state index contributed by atoms with van der Waals surface area (Å²) in [7, 11) is 0. The lowest BCUT2D eigenvalue weighted by Crippen LogP contribution is -2.24. The minimum atomic E-state index is -0.316. The highest BCUT2D eigenvalue weighted by Crippen LogP contribution is 2.27. The summed E-state index contributed by atoms with van der Waals surface area (Å²) >= 11 is 0. The molecule has 2 aromatic carbocycles. The molecule has 170 valence electrons. The Balaban J connectivity index is 1.42. The largest absolute Gasteiger partial charge is 0.367 e. The van der Waals surface area contributed by atoms with E-state index in [2.05, 4.69) is 69.5 Å². The SMILES string of the molecule is O=C(CCCCCCN(Cc1cccnc1)c1ccc(-c2ccc3cc[nH]c3c2)cc1)NO. The van der Waals surface area contributed by atoms with Gasteiger partial charge in [-0.2, -0.15) is 0 Å². The van der Waals surface area contributed by atoms with Gasteiger partial charge in [-0.15, -0.1) is 0 Å². The summed E-state index contributed by atoms with van der Waals surface area (Å²) in [5.41, 5.74) is 7.59. The number of nitrogens with zero attached hydrogens (tertiary/aromatic N) is 2. The Hall–Kier alpha value is -3.64. The fourth-order valence-corrected chi connectivity index (χ4v) is 4.10. The normalized spacial score (nSPS) is 10.9. The first-order valence-corrected chi connectivity index (χ1v) is 11.5. The number of hydrogen-bond donors (Lipinski definition) is 3. The van der Waals surface area contributed by atoms with Gasteiger partial charge in [0.1, 0.15) is 0 Å². The summed E-state index contributed by atoms with van der Waals surface area (Å²) in [5.74, 6) is -0.316. The van der Waals surface area contributed by atoms with Gasteiger partial charge in [-0.05, 0) is 65.3 Å². The van der Waals surface area contributed by atoms with Crippen LogP contribution in [0.15, 0.2) is 79.3 Å². The van der Waals surface area contributed by atoms with Gasteiger partial charge in [0.2, 0.25) is 5.91 Å². The molecule has 0 aliphatic rings.